The van der Waals surface area contributed by atoms with Gasteiger partial charge in [0.25, 0.3) is 0 Å². The first kappa shape index (κ1) is 16.0. The number of carbonyl (C=O) groups is 1. The summed E-state index contributed by atoms with van der Waals surface area (Å²) in [6.45, 7) is 1.69. The average molecular weight is 349 g/mol. The number of carboxylic acid groups (broad SMARTS) is 1. The molecule has 2 rings (SSSR count). The van der Waals surface area contributed by atoms with Crippen molar-refractivity contribution < 1.29 is 18.3 Å². The van der Waals surface area contributed by atoms with Gasteiger partial charge in [0.2, 0.25) is 0 Å². The summed E-state index contributed by atoms with van der Waals surface area (Å²) in [7, 11) is -3.13. The number of aromatic carboxylic acids is 1. The van der Waals surface area contributed by atoms with Crippen LogP contribution in [0.1, 0.15) is 17.3 Å². The highest BCUT2D eigenvalue weighted by atomic mass is 35.5. The number of halogens is 1. The lowest BCUT2D eigenvalue weighted by Crippen LogP contribution is -2.15. The molecule has 2 aromatic rings. The number of hydrogen-bond acceptors (Lipinski definition) is 5. The Morgan fingerprint density at radius 2 is 2.24 bits per heavy atom. The molecule has 0 aliphatic heterocycles. The number of thiophene rings is 1. The molecule has 0 aliphatic rings. The van der Waals surface area contributed by atoms with Gasteiger partial charge in [-0.2, -0.15) is 5.10 Å². The van der Waals surface area contributed by atoms with E-state index >= 15 is 0 Å². The van der Waals surface area contributed by atoms with Gasteiger partial charge in [0.15, 0.2) is 9.84 Å². The van der Waals surface area contributed by atoms with E-state index in [1.807, 2.05) is 0 Å². The first-order valence-electron chi connectivity index (χ1n) is 6.08. The second-order valence-corrected chi connectivity index (χ2v) is 8.35. The molecular weight excluding hydrogens is 336 g/mol. The molecule has 21 heavy (non-hydrogen) atoms. The van der Waals surface area contributed by atoms with Crippen molar-refractivity contribution in [2.75, 3.05) is 11.5 Å². The molecule has 0 saturated heterocycles. The van der Waals surface area contributed by atoms with Crippen LogP contribution in [0.4, 0.5) is 0 Å². The third-order valence-electron chi connectivity index (χ3n) is 2.90. The van der Waals surface area contributed by atoms with Gasteiger partial charge in [-0.15, -0.1) is 11.3 Å². The predicted octanol–water partition coefficient (Wildman–Crippen LogP) is 2.40. The maximum atomic E-state index is 11.5. The molecule has 0 saturated carbocycles. The summed E-state index contributed by atoms with van der Waals surface area (Å²) >= 11 is 7.12. The fourth-order valence-corrected chi connectivity index (χ4v) is 3.34. The van der Waals surface area contributed by atoms with Crippen LogP contribution in [0.5, 0.6) is 0 Å². The zero-order valence-electron chi connectivity index (χ0n) is 11.1. The van der Waals surface area contributed by atoms with E-state index in [9.17, 15) is 18.3 Å². The van der Waals surface area contributed by atoms with Crippen LogP contribution in [0.3, 0.4) is 0 Å². The van der Waals surface area contributed by atoms with Gasteiger partial charge in [0.1, 0.15) is 11.3 Å². The summed E-state index contributed by atoms with van der Waals surface area (Å²) < 4.78 is 24.9. The molecule has 2 aromatic heterocycles. The van der Waals surface area contributed by atoms with Crippen LogP contribution in [-0.4, -0.2) is 40.8 Å². The van der Waals surface area contributed by atoms with Gasteiger partial charge in [-0.1, -0.05) is 18.5 Å². The Labute approximate surface area is 130 Å². The molecule has 0 aromatic carbocycles. The Morgan fingerprint density at radius 1 is 1.52 bits per heavy atom. The van der Waals surface area contributed by atoms with Crippen molar-refractivity contribution in [3.63, 3.8) is 0 Å². The minimum atomic E-state index is -3.13. The molecular formula is C12H13ClN2O4S2. The molecule has 2 heterocycles. The van der Waals surface area contributed by atoms with Crippen LogP contribution < -0.4 is 0 Å². The third kappa shape index (κ3) is 3.84. The van der Waals surface area contributed by atoms with Crippen molar-refractivity contribution in [2.24, 2.45) is 0 Å². The van der Waals surface area contributed by atoms with Crippen molar-refractivity contribution >= 4 is 38.7 Å². The van der Waals surface area contributed by atoms with E-state index in [1.54, 1.807) is 18.4 Å². The standard InChI is InChI=1S/C12H13ClN2O4S2/c1-2-21(18,19)4-3-15-6-9(12(16)17)11(14-15)8-5-10(13)20-7-8/h5-7H,2-4H2,1H3,(H,16,17). The number of sulfone groups is 1. The predicted molar refractivity (Wildman–Crippen MR) is 81.8 cm³/mol. The van der Waals surface area contributed by atoms with E-state index in [1.165, 1.54) is 22.2 Å². The topological polar surface area (TPSA) is 89.3 Å². The van der Waals surface area contributed by atoms with Gasteiger partial charge in [-0.25, -0.2) is 13.2 Å². The quantitative estimate of drug-likeness (QED) is 0.865. The molecule has 6 nitrogen and oxygen atoms in total. The Hall–Kier alpha value is -1.38. The second kappa shape index (κ2) is 6.17. The Morgan fingerprint density at radius 3 is 2.76 bits per heavy atom. The monoisotopic (exact) mass is 348 g/mol. The number of aromatic nitrogens is 2. The van der Waals surface area contributed by atoms with E-state index in [0.717, 1.165) is 0 Å². The Kier molecular flexibility index (Phi) is 4.70. The molecule has 0 spiro atoms. The molecule has 0 atom stereocenters. The Balaban J connectivity index is 2.32. The van der Waals surface area contributed by atoms with Gasteiger partial charge in [-0.05, 0) is 6.07 Å². The van der Waals surface area contributed by atoms with Gasteiger partial charge in [0, 0.05) is 22.9 Å². The minimum absolute atomic E-state index is 0.0263. The SMILES string of the molecule is CCS(=O)(=O)CCn1cc(C(=O)O)c(-c2csc(Cl)c2)n1. The van der Waals surface area contributed by atoms with Gasteiger partial charge >= 0.3 is 5.97 Å². The second-order valence-electron chi connectivity index (χ2n) is 4.34. The highest BCUT2D eigenvalue weighted by Crippen LogP contribution is 2.30. The van der Waals surface area contributed by atoms with Crippen LogP contribution in [0.2, 0.25) is 4.34 Å². The zero-order valence-corrected chi connectivity index (χ0v) is 13.5. The highest BCUT2D eigenvalue weighted by molar-refractivity contribution is 7.91. The molecule has 114 valence electrons. The minimum Gasteiger partial charge on any atom is -0.478 e. The maximum absolute atomic E-state index is 11.5. The van der Waals surface area contributed by atoms with E-state index in [0.29, 0.717) is 15.6 Å². The number of rotatable bonds is 6. The lowest BCUT2D eigenvalue weighted by molar-refractivity contribution is 0.0697. The normalized spacial score (nSPS) is 11.7. The summed E-state index contributed by atoms with van der Waals surface area (Å²) in [5.41, 5.74) is 0.928. The summed E-state index contributed by atoms with van der Waals surface area (Å²) in [6.07, 6.45) is 1.34. The third-order valence-corrected chi connectivity index (χ3v) is 5.68. The van der Waals surface area contributed by atoms with Crippen molar-refractivity contribution in [1.82, 2.24) is 9.78 Å². The van der Waals surface area contributed by atoms with E-state index < -0.39 is 15.8 Å². The summed E-state index contributed by atoms with van der Waals surface area (Å²) in [6, 6.07) is 1.63. The lowest BCUT2D eigenvalue weighted by Gasteiger charge is -2.01. The molecule has 9 heteroatoms. The number of nitrogens with zero attached hydrogens (tertiary/aromatic N) is 2. The molecule has 0 unspecified atom stereocenters. The maximum Gasteiger partial charge on any atom is 0.339 e. The van der Waals surface area contributed by atoms with E-state index in [-0.39, 0.29) is 23.6 Å². The molecule has 0 bridgehead atoms. The number of carboxylic acids is 1. The summed E-state index contributed by atoms with van der Waals surface area (Å²) in [5.74, 6) is -1.14. The smallest absolute Gasteiger partial charge is 0.339 e. The molecule has 0 aliphatic carbocycles. The van der Waals surface area contributed by atoms with Crippen molar-refractivity contribution in [3.05, 3.63) is 27.5 Å². The van der Waals surface area contributed by atoms with Crippen molar-refractivity contribution in [2.45, 2.75) is 13.5 Å². The number of aryl methyl sites for hydroxylation is 1. The fraction of sp³-hybridized carbons (Fsp3) is 0.333. The highest BCUT2D eigenvalue weighted by Gasteiger charge is 2.19. The molecule has 0 amide bonds. The Bertz CT molecular complexity index is 764. The summed E-state index contributed by atoms with van der Waals surface area (Å²) in [4.78, 5) is 11.3. The molecule has 0 fully saturated rings. The first-order chi connectivity index (χ1) is 9.82. The van der Waals surface area contributed by atoms with Crippen LogP contribution >= 0.6 is 22.9 Å². The van der Waals surface area contributed by atoms with Crippen molar-refractivity contribution in [1.29, 1.82) is 0 Å². The number of hydrogen-bond donors (Lipinski definition) is 1. The fourth-order valence-electron chi connectivity index (χ4n) is 1.72. The van der Waals surface area contributed by atoms with E-state index in [4.69, 9.17) is 11.6 Å². The largest absolute Gasteiger partial charge is 0.478 e. The van der Waals surface area contributed by atoms with Gasteiger partial charge in [-0.3, -0.25) is 4.68 Å². The van der Waals surface area contributed by atoms with Gasteiger partial charge < -0.3 is 5.11 Å². The first-order valence-corrected chi connectivity index (χ1v) is 9.16. The lowest BCUT2D eigenvalue weighted by atomic mass is 10.1. The average Bonchev–Trinajstić information content (AvgIpc) is 3.02. The van der Waals surface area contributed by atoms with Crippen LogP contribution in [0.25, 0.3) is 11.3 Å². The van der Waals surface area contributed by atoms with E-state index in [2.05, 4.69) is 5.10 Å². The van der Waals surface area contributed by atoms with Crippen LogP contribution in [0, 0.1) is 0 Å². The molecule has 1 N–H and O–H groups in total. The molecule has 0 radical (unpaired) electrons. The zero-order chi connectivity index (χ0) is 15.6. The van der Waals surface area contributed by atoms with Gasteiger partial charge in [0.05, 0.1) is 16.6 Å². The summed E-state index contributed by atoms with van der Waals surface area (Å²) in [5, 5.41) is 15.1. The van der Waals surface area contributed by atoms with Crippen LogP contribution in [-0.2, 0) is 16.4 Å². The van der Waals surface area contributed by atoms with Crippen molar-refractivity contribution in [3.8, 4) is 11.3 Å². The van der Waals surface area contributed by atoms with Crippen LogP contribution in [0.15, 0.2) is 17.6 Å².